The van der Waals surface area contributed by atoms with E-state index in [2.05, 4.69) is 45.7 Å². The number of carbonyl (C=O) groups excluding carboxylic acids is 4. The van der Waals surface area contributed by atoms with Crippen LogP contribution in [0.2, 0.25) is 0 Å². The van der Waals surface area contributed by atoms with Crippen molar-refractivity contribution in [3.63, 3.8) is 0 Å². The Kier molecular flexibility index (Phi) is 44.7. The third kappa shape index (κ3) is 71.0. The predicted molar refractivity (Wildman–Crippen MR) is 124 cm³/mol. The third-order valence-electron chi connectivity index (χ3n) is 1.88. The molecule has 0 saturated carbocycles. The number of carboxylic acid groups (broad SMARTS) is 1. The summed E-state index contributed by atoms with van der Waals surface area (Å²) >= 11 is 13.9. The highest BCUT2D eigenvalue weighted by molar-refractivity contribution is 6.97. The van der Waals surface area contributed by atoms with Gasteiger partial charge in [-0.25, -0.2) is 0 Å². The summed E-state index contributed by atoms with van der Waals surface area (Å²) in [5.41, 5.74) is 0. The summed E-state index contributed by atoms with van der Waals surface area (Å²) in [6, 6.07) is 0. The molecule has 8 nitrogen and oxygen atoms in total. The van der Waals surface area contributed by atoms with Gasteiger partial charge in [0, 0.05) is 32.3 Å². The van der Waals surface area contributed by atoms with E-state index in [4.69, 9.17) is 41.1 Å². The maximum Gasteiger partial charge on any atom is 0.306 e. The molecule has 0 rings (SSSR count). The smallest absolute Gasteiger partial charge is 0.306 e. The molecule has 0 spiro atoms. The van der Waals surface area contributed by atoms with Crippen LogP contribution >= 0.6 is 34.8 Å². The highest BCUT2D eigenvalue weighted by Gasteiger charge is 2.02. The van der Waals surface area contributed by atoms with Gasteiger partial charge in [-0.2, -0.15) is 0 Å². The van der Waals surface area contributed by atoms with Gasteiger partial charge in [0.25, 0.3) is 0 Å². The normalized spacial score (nSPS) is 7.47. The lowest BCUT2D eigenvalue weighted by Gasteiger charge is -1.96. The summed E-state index contributed by atoms with van der Waals surface area (Å²) in [5, 5.41) is 12.9. The van der Waals surface area contributed by atoms with E-state index in [0.29, 0.717) is 32.3 Å². The SMILES string of the molecule is C#CCCC(=O)Cl.C#CCCC(=O)O.C#CCCC(=O)OCC.CCO.O=C(Cl)C(=O)Cl. The first kappa shape index (κ1) is 39.9. The Balaban J connectivity index is -0.0000000980. The lowest BCUT2D eigenvalue weighted by atomic mass is 10.3. The van der Waals surface area contributed by atoms with Crippen molar-refractivity contribution in [2.75, 3.05) is 13.2 Å². The summed E-state index contributed by atoms with van der Waals surface area (Å²) in [4.78, 5) is 48.9. The molecule has 2 N–H and O–H groups in total. The van der Waals surface area contributed by atoms with Crippen LogP contribution in [-0.4, -0.2) is 51.1 Å². The van der Waals surface area contributed by atoms with Gasteiger partial charge in [0.1, 0.15) is 0 Å². The summed E-state index contributed by atoms with van der Waals surface area (Å²) in [7, 11) is 0. The van der Waals surface area contributed by atoms with Crippen LogP contribution in [0.1, 0.15) is 52.4 Å². The molecule has 32 heavy (non-hydrogen) atoms. The van der Waals surface area contributed by atoms with Gasteiger partial charge in [-0.1, -0.05) is 0 Å². The van der Waals surface area contributed by atoms with Crippen LogP contribution in [0.5, 0.6) is 0 Å². The van der Waals surface area contributed by atoms with Crippen LogP contribution in [0.3, 0.4) is 0 Å². The van der Waals surface area contributed by atoms with Crippen LogP contribution in [0.4, 0.5) is 0 Å². The average Bonchev–Trinajstić information content (AvgIpc) is 2.71. The molecule has 0 unspecified atom stereocenters. The average molecular weight is 514 g/mol. The molecule has 0 aliphatic carbocycles. The number of aliphatic carboxylic acids is 1. The van der Waals surface area contributed by atoms with E-state index in [1.54, 1.807) is 13.8 Å². The van der Waals surface area contributed by atoms with Gasteiger partial charge >= 0.3 is 22.4 Å². The van der Waals surface area contributed by atoms with Crippen LogP contribution in [-0.2, 0) is 28.7 Å². The lowest BCUT2D eigenvalue weighted by Crippen LogP contribution is -2.02. The van der Waals surface area contributed by atoms with E-state index in [0.717, 1.165) is 0 Å². The number of halogens is 3. The maximum absolute atomic E-state index is 10.5. The molecule has 0 amide bonds. The zero-order valence-electron chi connectivity index (χ0n) is 17.9. The van der Waals surface area contributed by atoms with Gasteiger partial charge in [0.15, 0.2) is 0 Å². The molecule has 0 aromatic carbocycles. The topological polar surface area (TPSA) is 135 Å². The highest BCUT2D eigenvalue weighted by Crippen LogP contribution is 1.91. The first-order chi connectivity index (χ1) is 14.9. The third-order valence-corrected chi connectivity index (χ3v) is 2.51. The number of carbonyl (C=O) groups is 5. The first-order valence-corrected chi connectivity index (χ1v) is 9.91. The molecular formula is C21H27Cl3O8. The lowest BCUT2D eigenvalue weighted by molar-refractivity contribution is -0.143. The number of aliphatic hydroxyl groups excluding tert-OH is 1. The maximum atomic E-state index is 10.5. The van der Waals surface area contributed by atoms with Crippen molar-refractivity contribution < 1.29 is 38.9 Å². The van der Waals surface area contributed by atoms with Crippen LogP contribution in [0.15, 0.2) is 0 Å². The molecule has 11 heteroatoms. The number of hydrogen-bond donors (Lipinski definition) is 2. The van der Waals surface area contributed by atoms with E-state index >= 15 is 0 Å². The number of carboxylic acids is 1. The standard InChI is InChI=1S/C7H10O2.C5H5ClO.C5H6O2.C2Cl2O2.C2H6O/c1-3-5-6-7(8)9-4-2;2*1-2-3-4-5(6)7;3-1(5)2(4)6;1-2-3/h1H,4-6H2,2H3;1H,3-4H2;1H,3-4H2,(H,6,7);;3H,2H2,1H3. The van der Waals surface area contributed by atoms with E-state index < -0.39 is 16.5 Å². The van der Waals surface area contributed by atoms with Crippen LogP contribution < -0.4 is 0 Å². The minimum Gasteiger partial charge on any atom is -0.481 e. The second-order valence-corrected chi connectivity index (χ2v) is 5.64. The summed E-state index contributed by atoms with van der Waals surface area (Å²) in [6.07, 6.45) is 16.4. The summed E-state index contributed by atoms with van der Waals surface area (Å²) in [5.74, 6) is 5.82. The molecule has 0 atom stereocenters. The van der Waals surface area contributed by atoms with Gasteiger partial charge in [-0.05, 0) is 48.7 Å². The Bertz CT molecular complexity index is 615. The minimum absolute atomic E-state index is 0.0799. The minimum atomic E-state index is -1.14. The summed E-state index contributed by atoms with van der Waals surface area (Å²) in [6.45, 7) is 4.14. The fourth-order valence-corrected chi connectivity index (χ4v) is 0.851. The number of hydrogen-bond acceptors (Lipinski definition) is 7. The number of rotatable bonds is 8. The quantitative estimate of drug-likeness (QED) is 0.219. The molecule has 0 saturated heterocycles. The molecule has 0 fully saturated rings. The first-order valence-electron chi connectivity index (χ1n) is 8.77. The molecule has 0 aliphatic rings. The van der Waals surface area contributed by atoms with Gasteiger partial charge in [0.2, 0.25) is 5.24 Å². The second-order valence-electron chi connectivity index (χ2n) is 4.53. The van der Waals surface area contributed by atoms with Crippen molar-refractivity contribution in [3.8, 4) is 37.0 Å². The predicted octanol–water partition coefficient (Wildman–Crippen LogP) is 3.13. The second kappa shape index (κ2) is 35.9. The van der Waals surface area contributed by atoms with Gasteiger partial charge in [-0.15, -0.1) is 37.0 Å². The van der Waals surface area contributed by atoms with Gasteiger partial charge in [0.05, 0.1) is 19.4 Å². The number of terminal acetylenes is 3. The Morgan fingerprint density at radius 2 is 1.12 bits per heavy atom. The van der Waals surface area contributed by atoms with Crippen molar-refractivity contribution in [1.29, 1.82) is 0 Å². The monoisotopic (exact) mass is 512 g/mol. The fraction of sp³-hybridized carbons (Fsp3) is 0.476. The van der Waals surface area contributed by atoms with Crippen LogP contribution in [0.25, 0.3) is 0 Å². The number of ether oxygens (including phenoxy) is 1. The molecule has 0 aliphatic heterocycles. The Morgan fingerprint density at radius 1 is 0.781 bits per heavy atom. The number of esters is 1. The Morgan fingerprint density at radius 3 is 1.31 bits per heavy atom. The zero-order chi connectivity index (χ0) is 26.4. The van der Waals surface area contributed by atoms with Crippen molar-refractivity contribution in [1.82, 2.24) is 0 Å². The van der Waals surface area contributed by atoms with E-state index in [1.807, 2.05) is 0 Å². The van der Waals surface area contributed by atoms with E-state index in [1.165, 1.54) is 0 Å². The van der Waals surface area contributed by atoms with Crippen molar-refractivity contribution >= 4 is 62.5 Å². The van der Waals surface area contributed by atoms with E-state index in [9.17, 15) is 24.0 Å². The molecule has 0 aromatic rings. The largest absolute Gasteiger partial charge is 0.481 e. The molecule has 0 aromatic heterocycles. The van der Waals surface area contributed by atoms with Gasteiger partial charge < -0.3 is 14.9 Å². The fourth-order valence-electron chi connectivity index (χ4n) is 0.757. The Labute approximate surface area is 203 Å². The van der Waals surface area contributed by atoms with Crippen molar-refractivity contribution in [3.05, 3.63) is 0 Å². The highest BCUT2D eigenvalue weighted by atomic mass is 35.5. The molecule has 0 heterocycles. The summed E-state index contributed by atoms with van der Waals surface area (Å²) < 4.78 is 4.61. The molecule has 0 radical (unpaired) electrons. The molecular weight excluding hydrogens is 487 g/mol. The molecule has 180 valence electrons. The van der Waals surface area contributed by atoms with Crippen molar-refractivity contribution in [2.24, 2.45) is 0 Å². The zero-order valence-corrected chi connectivity index (χ0v) is 20.1. The number of aliphatic hydroxyl groups is 1. The molecule has 0 bridgehead atoms. The van der Waals surface area contributed by atoms with Crippen LogP contribution in [0, 0.1) is 37.0 Å². The van der Waals surface area contributed by atoms with Crippen molar-refractivity contribution in [2.45, 2.75) is 52.4 Å². The van der Waals surface area contributed by atoms with E-state index in [-0.39, 0.29) is 30.7 Å². The van der Waals surface area contributed by atoms with Gasteiger partial charge in [-0.3, -0.25) is 24.0 Å². The Hall–Kier alpha value is -2.54.